The van der Waals surface area contributed by atoms with E-state index < -0.39 is 0 Å². The third-order valence-electron chi connectivity index (χ3n) is 2.83. The Morgan fingerprint density at radius 3 is 3.38 bits per heavy atom. The lowest BCUT2D eigenvalue weighted by Crippen LogP contribution is -2.46. The second-order valence-corrected chi connectivity index (χ2v) is 4.72. The van der Waals surface area contributed by atoms with Crippen LogP contribution in [0.15, 0.2) is 10.9 Å². The summed E-state index contributed by atoms with van der Waals surface area (Å²) in [5, 5.41) is 5.47. The van der Waals surface area contributed by atoms with Crippen LogP contribution in [0.1, 0.15) is 12.6 Å². The van der Waals surface area contributed by atoms with Crippen molar-refractivity contribution >= 4 is 11.3 Å². The lowest BCUT2D eigenvalue weighted by atomic mass is 10.2. The summed E-state index contributed by atoms with van der Waals surface area (Å²) < 4.78 is 5.71. The molecule has 0 radical (unpaired) electrons. The van der Waals surface area contributed by atoms with E-state index in [0.717, 1.165) is 45.0 Å². The molecule has 2 rings (SSSR count). The van der Waals surface area contributed by atoms with Gasteiger partial charge in [0.2, 0.25) is 0 Å². The van der Waals surface area contributed by atoms with Gasteiger partial charge >= 0.3 is 0 Å². The number of nitrogens with one attached hydrogen (secondary N) is 1. The van der Waals surface area contributed by atoms with E-state index in [1.165, 1.54) is 0 Å². The van der Waals surface area contributed by atoms with Crippen molar-refractivity contribution in [1.29, 1.82) is 0 Å². The molecule has 90 valence electrons. The van der Waals surface area contributed by atoms with Crippen molar-refractivity contribution in [3.8, 4) is 0 Å². The Hall–Kier alpha value is -0.490. The quantitative estimate of drug-likeness (QED) is 0.833. The van der Waals surface area contributed by atoms with Gasteiger partial charge in [0.05, 0.1) is 23.9 Å². The van der Waals surface area contributed by atoms with E-state index in [4.69, 9.17) is 4.74 Å². The number of ether oxygens (including phenoxy) is 1. The number of rotatable bonds is 5. The number of thiazole rings is 1. The molecule has 0 bridgehead atoms. The molecule has 2 heterocycles. The minimum absolute atomic E-state index is 0.326. The molecule has 1 aliphatic heterocycles. The topological polar surface area (TPSA) is 37.4 Å². The molecule has 1 fully saturated rings. The summed E-state index contributed by atoms with van der Waals surface area (Å²) >= 11 is 1.64. The Morgan fingerprint density at radius 2 is 2.62 bits per heavy atom. The maximum Gasteiger partial charge on any atom is 0.0826 e. The van der Waals surface area contributed by atoms with E-state index in [9.17, 15) is 0 Å². The largest absolute Gasteiger partial charge is 0.374 e. The third kappa shape index (κ3) is 3.52. The third-order valence-corrected chi connectivity index (χ3v) is 3.47. The van der Waals surface area contributed by atoms with Crippen LogP contribution in [-0.2, 0) is 11.3 Å². The van der Waals surface area contributed by atoms with Crippen LogP contribution in [0.25, 0.3) is 0 Å². The standard InChI is InChI=1S/C11H19N3OS/c1-2-14-3-4-15-11(7-14)6-12-5-10-8-16-9-13-10/h8-9,11-12H,2-7H2,1H3/t11-/m0/s1. The highest BCUT2D eigenvalue weighted by Crippen LogP contribution is 2.04. The summed E-state index contributed by atoms with van der Waals surface area (Å²) in [4.78, 5) is 6.66. The average molecular weight is 241 g/mol. The van der Waals surface area contributed by atoms with E-state index in [1.54, 1.807) is 11.3 Å². The fourth-order valence-electron chi connectivity index (χ4n) is 1.88. The maximum atomic E-state index is 5.71. The number of likely N-dealkylation sites (N-methyl/N-ethyl adjacent to an activating group) is 1. The molecule has 1 N–H and O–H groups in total. The van der Waals surface area contributed by atoms with Crippen molar-refractivity contribution in [2.24, 2.45) is 0 Å². The first-order chi connectivity index (χ1) is 7.88. The van der Waals surface area contributed by atoms with Crippen LogP contribution in [-0.4, -0.2) is 48.8 Å². The molecule has 0 spiro atoms. The molecule has 0 aliphatic carbocycles. The first-order valence-corrected chi connectivity index (χ1v) is 6.74. The van der Waals surface area contributed by atoms with Gasteiger partial charge in [-0.05, 0) is 6.54 Å². The van der Waals surface area contributed by atoms with E-state index in [0.29, 0.717) is 6.10 Å². The van der Waals surface area contributed by atoms with Crippen molar-refractivity contribution in [3.05, 3.63) is 16.6 Å². The summed E-state index contributed by atoms with van der Waals surface area (Å²) in [6.45, 7) is 8.04. The number of morpholine rings is 1. The Bertz CT molecular complexity index is 291. The zero-order valence-electron chi connectivity index (χ0n) is 9.69. The molecular weight excluding hydrogens is 222 g/mol. The minimum atomic E-state index is 0.326. The van der Waals surface area contributed by atoms with E-state index in [2.05, 4.69) is 27.5 Å². The summed E-state index contributed by atoms with van der Waals surface area (Å²) in [7, 11) is 0. The van der Waals surface area contributed by atoms with Gasteiger partial charge < -0.3 is 10.1 Å². The zero-order valence-corrected chi connectivity index (χ0v) is 10.5. The molecule has 0 unspecified atom stereocenters. The molecule has 1 saturated heterocycles. The smallest absolute Gasteiger partial charge is 0.0826 e. The van der Waals surface area contributed by atoms with Crippen molar-refractivity contribution < 1.29 is 4.74 Å². The molecule has 0 aromatic carbocycles. The number of nitrogens with zero attached hydrogens (tertiary/aromatic N) is 2. The van der Waals surface area contributed by atoms with Gasteiger partial charge in [-0.25, -0.2) is 4.98 Å². The highest BCUT2D eigenvalue weighted by Gasteiger charge is 2.18. The fraction of sp³-hybridized carbons (Fsp3) is 0.727. The molecule has 0 saturated carbocycles. The highest BCUT2D eigenvalue weighted by atomic mass is 32.1. The Labute approximate surface area is 101 Å². The van der Waals surface area contributed by atoms with Gasteiger partial charge in [-0.1, -0.05) is 6.92 Å². The second-order valence-electron chi connectivity index (χ2n) is 4.00. The second kappa shape index (κ2) is 6.30. The molecule has 1 atom stereocenters. The number of hydrogen-bond acceptors (Lipinski definition) is 5. The highest BCUT2D eigenvalue weighted by molar-refractivity contribution is 7.07. The van der Waals surface area contributed by atoms with Gasteiger partial charge in [-0.2, -0.15) is 0 Å². The molecule has 0 amide bonds. The van der Waals surface area contributed by atoms with E-state index >= 15 is 0 Å². The number of aromatic nitrogens is 1. The van der Waals surface area contributed by atoms with Crippen molar-refractivity contribution in [2.75, 3.05) is 32.8 Å². The summed E-state index contributed by atoms with van der Waals surface area (Å²) in [5.74, 6) is 0. The maximum absolute atomic E-state index is 5.71. The monoisotopic (exact) mass is 241 g/mol. The van der Waals surface area contributed by atoms with Crippen LogP contribution in [0.3, 0.4) is 0 Å². The van der Waals surface area contributed by atoms with Crippen LogP contribution < -0.4 is 5.32 Å². The predicted molar refractivity (Wildman–Crippen MR) is 65.7 cm³/mol. The average Bonchev–Trinajstić information content (AvgIpc) is 2.82. The van der Waals surface area contributed by atoms with Gasteiger partial charge in [0.1, 0.15) is 0 Å². The lowest BCUT2D eigenvalue weighted by Gasteiger charge is -2.32. The molecule has 4 nitrogen and oxygen atoms in total. The van der Waals surface area contributed by atoms with Crippen LogP contribution in [0.4, 0.5) is 0 Å². The molecular formula is C11H19N3OS. The first kappa shape index (κ1) is 12.0. The van der Waals surface area contributed by atoms with Crippen molar-refractivity contribution in [1.82, 2.24) is 15.2 Å². The van der Waals surface area contributed by atoms with Crippen LogP contribution >= 0.6 is 11.3 Å². The Morgan fingerprint density at radius 1 is 1.69 bits per heavy atom. The fourth-order valence-corrected chi connectivity index (χ4v) is 2.44. The molecule has 5 heteroatoms. The van der Waals surface area contributed by atoms with E-state index in [1.807, 2.05) is 5.51 Å². The summed E-state index contributed by atoms with van der Waals surface area (Å²) in [6.07, 6.45) is 0.326. The summed E-state index contributed by atoms with van der Waals surface area (Å²) in [6, 6.07) is 0. The minimum Gasteiger partial charge on any atom is -0.374 e. The van der Waals surface area contributed by atoms with Gasteiger partial charge in [-0.15, -0.1) is 11.3 Å². The van der Waals surface area contributed by atoms with Crippen LogP contribution in [0, 0.1) is 0 Å². The zero-order chi connectivity index (χ0) is 11.2. The lowest BCUT2D eigenvalue weighted by molar-refractivity contribution is -0.0254. The molecule has 1 aliphatic rings. The SMILES string of the molecule is CCN1CCO[C@@H](CNCc2cscn2)C1. The van der Waals surface area contributed by atoms with Gasteiger partial charge in [0.15, 0.2) is 0 Å². The van der Waals surface area contributed by atoms with Crippen LogP contribution in [0.2, 0.25) is 0 Å². The summed E-state index contributed by atoms with van der Waals surface area (Å²) in [5.41, 5.74) is 2.99. The predicted octanol–water partition coefficient (Wildman–Crippen LogP) is 0.953. The van der Waals surface area contributed by atoms with Crippen molar-refractivity contribution in [2.45, 2.75) is 19.6 Å². The van der Waals surface area contributed by atoms with Crippen LogP contribution in [0.5, 0.6) is 0 Å². The Balaban J connectivity index is 1.65. The Kier molecular flexibility index (Phi) is 4.71. The van der Waals surface area contributed by atoms with Crippen molar-refractivity contribution in [3.63, 3.8) is 0 Å². The molecule has 16 heavy (non-hydrogen) atoms. The van der Waals surface area contributed by atoms with Gasteiger partial charge in [-0.3, -0.25) is 4.90 Å². The number of hydrogen-bond donors (Lipinski definition) is 1. The van der Waals surface area contributed by atoms with Gasteiger partial charge in [0, 0.05) is 31.6 Å². The molecule has 1 aromatic heterocycles. The first-order valence-electron chi connectivity index (χ1n) is 5.80. The normalized spacial score (nSPS) is 22.4. The van der Waals surface area contributed by atoms with E-state index in [-0.39, 0.29) is 0 Å². The molecule has 1 aromatic rings. The van der Waals surface area contributed by atoms with Gasteiger partial charge in [0.25, 0.3) is 0 Å².